The highest BCUT2D eigenvalue weighted by Gasteiger charge is 2.31. The fraction of sp³-hybridized carbons (Fsp3) is 0.353. The summed E-state index contributed by atoms with van der Waals surface area (Å²) < 4.78 is 43.4. The molecule has 1 N–H and O–H groups in total. The lowest BCUT2D eigenvalue weighted by Gasteiger charge is -2.22. The van der Waals surface area contributed by atoms with Gasteiger partial charge in [0, 0.05) is 5.56 Å². The minimum absolute atomic E-state index is 0.0399. The summed E-state index contributed by atoms with van der Waals surface area (Å²) in [5.74, 6) is -0.408. The van der Waals surface area contributed by atoms with Crippen molar-refractivity contribution in [2.24, 2.45) is 5.92 Å². The van der Waals surface area contributed by atoms with E-state index >= 15 is 0 Å². The van der Waals surface area contributed by atoms with Gasteiger partial charge in [0.15, 0.2) is 0 Å². The second-order valence-electron chi connectivity index (χ2n) is 5.82. The third kappa shape index (κ3) is 3.79. The van der Waals surface area contributed by atoms with Crippen molar-refractivity contribution >= 4 is 5.97 Å². The summed E-state index contributed by atoms with van der Waals surface area (Å²) in [5, 5.41) is 9.35. The Morgan fingerprint density at radius 1 is 1.24 bits per heavy atom. The summed E-state index contributed by atoms with van der Waals surface area (Å²) in [7, 11) is 0. The topological polar surface area (TPSA) is 72.3 Å². The molecular weight excluding hydrogens is 337 g/mol. The molecule has 1 aromatic carbocycles. The number of rotatable bonds is 4. The average Bonchev–Trinajstić information content (AvgIpc) is 2.52. The minimum Gasteiger partial charge on any atom is -0.406 e. The zero-order chi connectivity index (χ0) is 18.0. The predicted octanol–water partition coefficient (Wildman–Crippen LogP) is 3.36. The summed E-state index contributed by atoms with van der Waals surface area (Å²) >= 11 is 0. The zero-order valence-electron chi connectivity index (χ0n) is 13.1. The fourth-order valence-corrected chi connectivity index (χ4v) is 2.49. The number of hydrogen-bond donors (Lipinski definition) is 1. The molecule has 1 fully saturated rings. The molecule has 5 nitrogen and oxygen atoms in total. The molecule has 0 aliphatic heterocycles. The van der Waals surface area contributed by atoms with Gasteiger partial charge in [-0.2, -0.15) is 13.2 Å². The van der Waals surface area contributed by atoms with Gasteiger partial charge in [0.05, 0.1) is 36.2 Å². The van der Waals surface area contributed by atoms with Crippen molar-refractivity contribution in [2.75, 3.05) is 0 Å². The predicted molar refractivity (Wildman–Crippen MR) is 81.4 cm³/mol. The van der Waals surface area contributed by atoms with Crippen LogP contribution in [0.15, 0.2) is 30.6 Å². The number of hydrogen-bond acceptors (Lipinski definition) is 5. The Balaban J connectivity index is 1.80. The Labute approximate surface area is 141 Å². The average molecular weight is 352 g/mol. The normalized spacial score (nSPS) is 14.9. The SMILES string of the molecule is O=C(Oc1cnc(-c2ccc(C(F)(F)F)cc2CO)cn1)C1CCC1. The molecule has 3 rings (SSSR count). The highest BCUT2D eigenvalue weighted by molar-refractivity contribution is 5.75. The molecule has 0 unspecified atom stereocenters. The van der Waals surface area contributed by atoms with Crippen LogP contribution in [0.25, 0.3) is 11.3 Å². The highest BCUT2D eigenvalue weighted by atomic mass is 19.4. The van der Waals surface area contributed by atoms with Gasteiger partial charge in [-0.1, -0.05) is 12.5 Å². The van der Waals surface area contributed by atoms with E-state index in [0.29, 0.717) is 5.56 Å². The highest BCUT2D eigenvalue weighted by Crippen LogP contribution is 2.33. The minimum atomic E-state index is -4.49. The lowest BCUT2D eigenvalue weighted by molar-refractivity contribution is -0.142. The summed E-state index contributed by atoms with van der Waals surface area (Å²) in [6, 6.07) is 3.03. The van der Waals surface area contributed by atoms with Crippen molar-refractivity contribution in [1.29, 1.82) is 0 Å². The van der Waals surface area contributed by atoms with Gasteiger partial charge in [-0.3, -0.25) is 4.79 Å². The first-order chi connectivity index (χ1) is 11.9. The van der Waals surface area contributed by atoms with Crippen LogP contribution in [0.2, 0.25) is 0 Å². The van der Waals surface area contributed by atoms with Gasteiger partial charge in [0.2, 0.25) is 5.88 Å². The lowest BCUT2D eigenvalue weighted by Crippen LogP contribution is -2.26. The number of ether oxygens (including phenoxy) is 1. The number of aromatic nitrogens is 2. The molecule has 0 radical (unpaired) electrons. The van der Waals surface area contributed by atoms with Crippen molar-refractivity contribution in [3.05, 3.63) is 41.7 Å². The van der Waals surface area contributed by atoms with Gasteiger partial charge < -0.3 is 9.84 Å². The number of benzene rings is 1. The molecule has 0 saturated heterocycles. The number of halogens is 3. The largest absolute Gasteiger partial charge is 0.416 e. The fourth-order valence-electron chi connectivity index (χ4n) is 2.49. The van der Waals surface area contributed by atoms with E-state index in [2.05, 4.69) is 9.97 Å². The van der Waals surface area contributed by atoms with Crippen molar-refractivity contribution in [2.45, 2.75) is 32.0 Å². The summed E-state index contributed by atoms with van der Waals surface area (Å²) in [5.41, 5.74) is -0.149. The Bertz CT molecular complexity index is 772. The quantitative estimate of drug-likeness (QED) is 0.855. The van der Waals surface area contributed by atoms with Crippen LogP contribution in [0.1, 0.15) is 30.4 Å². The molecule has 1 aromatic heterocycles. The molecule has 1 aliphatic rings. The van der Waals surface area contributed by atoms with Crippen molar-refractivity contribution in [3.63, 3.8) is 0 Å². The van der Waals surface area contributed by atoms with E-state index in [1.807, 2.05) is 0 Å². The molecule has 0 bridgehead atoms. The van der Waals surface area contributed by atoms with Crippen molar-refractivity contribution in [3.8, 4) is 17.1 Å². The number of esters is 1. The van der Waals surface area contributed by atoms with E-state index in [0.717, 1.165) is 31.4 Å². The number of carbonyl (C=O) groups is 1. The summed E-state index contributed by atoms with van der Waals surface area (Å²) in [4.78, 5) is 19.8. The molecule has 1 heterocycles. The van der Waals surface area contributed by atoms with Crippen LogP contribution in [-0.2, 0) is 17.6 Å². The first kappa shape index (κ1) is 17.3. The summed E-state index contributed by atoms with van der Waals surface area (Å²) in [6.07, 6.45) is 0.650. The maximum atomic E-state index is 12.8. The second kappa shape index (κ2) is 6.79. The maximum absolute atomic E-state index is 12.8. The van der Waals surface area contributed by atoms with Gasteiger partial charge in [-0.05, 0) is 30.5 Å². The third-order valence-electron chi connectivity index (χ3n) is 4.15. The molecular formula is C17H15F3N2O3. The van der Waals surface area contributed by atoms with Crippen molar-refractivity contribution in [1.82, 2.24) is 9.97 Å². The van der Waals surface area contributed by atoms with E-state index in [1.54, 1.807) is 0 Å². The van der Waals surface area contributed by atoms with Crippen LogP contribution in [0.3, 0.4) is 0 Å². The standard InChI is InChI=1S/C17H15F3N2O3/c18-17(19,20)12-4-5-13(11(6-12)9-23)14-7-22-15(8-21-14)25-16(24)10-2-1-3-10/h4-8,10,23H,1-3,9H2. The Morgan fingerprint density at radius 3 is 2.52 bits per heavy atom. The molecule has 0 spiro atoms. The Hall–Kier alpha value is -2.48. The first-order valence-corrected chi connectivity index (χ1v) is 7.73. The number of alkyl halides is 3. The van der Waals surface area contributed by atoms with Crippen LogP contribution in [-0.4, -0.2) is 21.0 Å². The van der Waals surface area contributed by atoms with E-state index in [-0.39, 0.29) is 29.0 Å². The Morgan fingerprint density at radius 2 is 2.00 bits per heavy atom. The van der Waals surface area contributed by atoms with Crippen LogP contribution >= 0.6 is 0 Å². The third-order valence-corrected chi connectivity index (χ3v) is 4.15. The number of aliphatic hydroxyl groups is 1. The maximum Gasteiger partial charge on any atom is 0.416 e. The van der Waals surface area contributed by atoms with Crippen LogP contribution in [0.4, 0.5) is 13.2 Å². The molecule has 132 valence electrons. The van der Waals surface area contributed by atoms with Gasteiger partial charge in [0.25, 0.3) is 0 Å². The Kier molecular flexibility index (Phi) is 4.71. The molecule has 2 aromatic rings. The zero-order valence-corrected chi connectivity index (χ0v) is 13.1. The van der Waals surface area contributed by atoms with E-state index in [9.17, 15) is 23.1 Å². The number of nitrogens with zero attached hydrogens (tertiary/aromatic N) is 2. The van der Waals surface area contributed by atoms with Gasteiger partial charge in [0.1, 0.15) is 0 Å². The number of carbonyl (C=O) groups excluding carboxylic acids is 1. The number of aliphatic hydroxyl groups excluding tert-OH is 1. The van der Waals surface area contributed by atoms with Crippen LogP contribution in [0, 0.1) is 5.92 Å². The monoisotopic (exact) mass is 352 g/mol. The summed E-state index contributed by atoms with van der Waals surface area (Å²) in [6.45, 7) is -0.570. The van der Waals surface area contributed by atoms with Crippen LogP contribution in [0.5, 0.6) is 5.88 Å². The molecule has 1 saturated carbocycles. The van der Waals surface area contributed by atoms with Gasteiger partial charge in [-0.25, -0.2) is 9.97 Å². The molecule has 1 aliphatic carbocycles. The van der Waals surface area contributed by atoms with E-state index < -0.39 is 18.3 Å². The molecule has 8 heteroatoms. The molecule has 0 atom stereocenters. The van der Waals surface area contributed by atoms with E-state index in [1.165, 1.54) is 18.5 Å². The molecule has 0 amide bonds. The smallest absolute Gasteiger partial charge is 0.406 e. The first-order valence-electron chi connectivity index (χ1n) is 7.73. The lowest BCUT2D eigenvalue weighted by atomic mass is 9.86. The second-order valence-corrected chi connectivity index (χ2v) is 5.82. The van der Waals surface area contributed by atoms with Crippen LogP contribution < -0.4 is 4.74 Å². The van der Waals surface area contributed by atoms with Gasteiger partial charge >= 0.3 is 12.1 Å². The van der Waals surface area contributed by atoms with Crippen molar-refractivity contribution < 1.29 is 27.8 Å². The molecule has 25 heavy (non-hydrogen) atoms. The van der Waals surface area contributed by atoms with E-state index in [4.69, 9.17) is 4.74 Å². The van der Waals surface area contributed by atoms with Gasteiger partial charge in [-0.15, -0.1) is 0 Å².